The normalized spacial score (nSPS) is 10.8. The van der Waals surface area contributed by atoms with Crippen molar-refractivity contribution in [2.45, 2.75) is 4.90 Å². The average Bonchev–Trinajstić information content (AvgIpc) is 2.47. The summed E-state index contributed by atoms with van der Waals surface area (Å²) in [6.07, 6.45) is 3.25. The van der Waals surface area contributed by atoms with E-state index in [2.05, 4.69) is 10.1 Å². The quantitative estimate of drug-likeness (QED) is 0.402. The summed E-state index contributed by atoms with van der Waals surface area (Å²) in [5.74, 6) is 0.719. The summed E-state index contributed by atoms with van der Waals surface area (Å²) in [5, 5.41) is 11.8. The predicted molar refractivity (Wildman–Crippen MR) is 77.4 cm³/mol. The minimum Gasteiger partial charge on any atom is -0.495 e. The van der Waals surface area contributed by atoms with Crippen molar-refractivity contribution in [2.75, 3.05) is 13.4 Å². The zero-order valence-electron chi connectivity index (χ0n) is 10.7. The number of methoxy groups -OCH3 is 1. The summed E-state index contributed by atoms with van der Waals surface area (Å²) < 4.78 is 5.38. The van der Waals surface area contributed by atoms with E-state index in [9.17, 15) is 0 Å². The molecule has 4 nitrogen and oxygen atoms in total. The number of nitrogens with zero attached hydrogens (tertiary/aromatic N) is 2. The molecule has 19 heavy (non-hydrogen) atoms. The molecule has 0 aliphatic carbocycles. The van der Waals surface area contributed by atoms with Gasteiger partial charge in [0, 0.05) is 11.6 Å². The highest BCUT2D eigenvalue weighted by molar-refractivity contribution is 7.98. The lowest BCUT2D eigenvalue weighted by Crippen LogP contribution is -1.98. The molecule has 0 aliphatic rings. The minimum absolute atomic E-state index is 0.591. The van der Waals surface area contributed by atoms with Crippen molar-refractivity contribution in [3.05, 3.63) is 42.1 Å². The summed E-state index contributed by atoms with van der Waals surface area (Å²) in [5.41, 5.74) is 2.36. The van der Waals surface area contributed by atoms with Crippen molar-refractivity contribution in [1.29, 1.82) is 0 Å². The third-order valence-corrected chi connectivity index (χ3v) is 3.46. The van der Waals surface area contributed by atoms with Gasteiger partial charge < -0.3 is 9.94 Å². The van der Waals surface area contributed by atoms with Crippen LogP contribution in [0.1, 0.15) is 5.69 Å². The summed E-state index contributed by atoms with van der Waals surface area (Å²) in [6.45, 7) is 0. The molecule has 0 radical (unpaired) electrons. The van der Waals surface area contributed by atoms with Crippen LogP contribution in [0.3, 0.4) is 0 Å². The predicted octanol–water partition coefficient (Wildman–Crippen LogP) is 3.29. The lowest BCUT2D eigenvalue weighted by Gasteiger charge is -2.11. The van der Waals surface area contributed by atoms with E-state index in [0.29, 0.717) is 5.69 Å². The number of hydrogen-bond acceptors (Lipinski definition) is 5. The number of pyridine rings is 1. The number of rotatable bonds is 4. The molecule has 0 aliphatic heterocycles. The second-order valence-corrected chi connectivity index (χ2v) is 4.56. The summed E-state index contributed by atoms with van der Waals surface area (Å²) in [6, 6.07) is 11.7. The molecule has 98 valence electrons. The van der Waals surface area contributed by atoms with Crippen LogP contribution in [-0.4, -0.2) is 29.8 Å². The van der Waals surface area contributed by atoms with Gasteiger partial charge in [-0.3, -0.25) is 0 Å². The van der Waals surface area contributed by atoms with Gasteiger partial charge in [-0.2, -0.15) is 0 Å². The van der Waals surface area contributed by atoms with Crippen molar-refractivity contribution >= 4 is 18.0 Å². The van der Waals surface area contributed by atoms with Gasteiger partial charge in [-0.05, 0) is 6.26 Å². The molecule has 0 saturated heterocycles. The molecule has 0 saturated carbocycles. The Kier molecular flexibility index (Phi) is 4.41. The Balaban J connectivity index is 2.61. The van der Waals surface area contributed by atoms with Crippen LogP contribution in [0.25, 0.3) is 11.3 Å². The van der Waals surface area contributed by atoms with Crippen molar-refractivity contribution in [3.8, 4) is 17.0 Å². The smallest absolute Gasteiger partial charge is 0.136 e. The van der Waals surface area contributed by atoms with Crippen LogP contribution in [-0.2, 0) is 0 Å². The Morgan fingerprint density at radius 3 is 2.63 bits per heavy atom. The maximum atomic E-state index is 8.74. The molecule has 0 fully saturated rings. The molecule has 0 unspecified atom stereocenters. The van der Waals surface area contributed by atoms with Gasteiger partial charge in [0.1, 0.15) is 11.4 Å². The SMILES string of the molecule is COc1cc(-c2ccccc2)nc(/C=N\O)c1SC. The number of hydrogen-bond donors (Lipinski definition) is 1. The molecule has 0 amide bonds. The third-order valence-electron chi connectivity index (χ3n) is 2.64. The van der Waals surface area contributed by atoms with Crippen LogP contribution in [0.5, 0.6) is 5.75 Å². The van der Waals surface area contributed by atoms with E-state index in [1.165, 1.54) is 18.0 Å². The van der Waals surface area contributed by atoms with Crippen molar-refractivity contribution in [1.82, 2.24) is 4.98 Å². The van der Waals surface area contributed by atoms with Crippen LogP contribution < -0.4 is 4.74 Å². The highest BCUT2D eigenvalue weighted by atomic mass is 32.2. The second kappa shape index (κ2) is 6.24. The summed E-state index contributed by atoms with van der Waals surface area (Å²) >= 11 is 1.50. The van der Waals surface area contributed by atoms with E-state index in [4.69, 9.17) is 9.94 Å². The lowest BCUT2D eigenvalue weighted by atomic mass is 10.1. The number of aromatic nitrogens is 1. The first-order valence-corrected chi connectivity index (χ1v) is 6.88. The fraction of sp³-hybridized carbons (Fsp3) is 0.143. The topological polar surface area (TPSA) is 54.7 Å². The monoisotopic (exact) mass is 274 g/mol. The van der Waals surface area contributed by atoms with Gasteiger partial charge in [-0.1, -0.05) is 35.5 Å². The third kappa shape index (κ3) is 2.88. The molecule has 2 aromatic rings. The van der Waals surface area contributed by atoms with Crippen LogP contribution >= 0.6 is 11.8 Å². The van der Waals surface area contributed by atoms with Crippen LogP contribution in [0.15, 0.2) is 46.4 Å². The first-order chi connectivity index (χ1) is 9.30. The fourth-order valence-corrected chi connectivity index (χ4v) is 2.44. The van der Waals surface area contributed by atoms with Gasteiger partial charge in [0.2, 0.25) is 0 Å². The molecular weight excluding hydrogens is 260 g/mol. The Labute approximate surface area is 116 Å². The first kappa shape index (κ1) is 13.4. The Morgan fingerprint density at radius 2 is 2.05 bits per heavy atom. The van der Waals surface area contributed by atoms with Crippen LogP contribution in [0.2, 0.25) is 0 Å². The van der Waals surface area contributed by atoms with Crippen LogP contribution in [0, 0.1) is 0 Å². The van der Waals surface area contributed by atoms with Gasteiger partial charge in [0.25, 0.3) is 0 Å². The van der Waals surface area contributed by atoms with Crippen LogP contribution in [0.4, 0.5) is 0 Å². The number of thioether (sulfide) groups is 1. The second-order valence-electron chi connectivity index (χ2n) is 3.74. The lowest BCUT2D eigenvalue weighted by molar-refractivity contribution is 0.321. The van der Waals surface area contributed by atoms with Gasteiger partial charge in [0.15, 0.2) is 0 Å². The van der Waals surface area contributed by atoms with Gasteiger partial charge in [-0.15, -0.1) is 11.8 Å². The molecule has 2 rings (SSSR count). The Morgan fingerprint density at radius 1 is 1.32 bits per heavy atom. The first-order valence-electron chi connectivity index (χ1n) is 5.66. The summed E-state index contributed by atoms with van der Waals surface area (Å²) in [4.78, 5) is 5.35. The van der Waals surface area contributed by atoms with Gasteiger partial charge >= 0.3 is 0 Å². The maximum Gasteiger partial charge on any atom is 0.136 e. The van der Waals surface area contributed by atoms with E-state index >= 15 is 0 Å². The summed E-state index contributed by atoms with van der Waals surface area (Å²) in [7, 11) is 1.61. The average molecular weight is 274 g/mol. The highest BCUT2D eigenvalue weighted by Crippen LogP contribution is 2.33. The molecule has 0 spiro atoms. The molecule has 1 heterocycles. The van der Waals surface area contributed by atoms with E-state index < -0.39 is 0 Å². The van der Waals surface area contributed by atoms with Gasteiger partial charge in [0.05, 0.1) is 23.9 Å². The minimum atomic E-state index is 0.591. The Hall–Kier alpha value is -2.01. The molecule has 1 aromatic heterocycles. The Bertz CT molecular complexity index is 585. The van der Waals surface area contributed by atoms with Crippen molar-refractivity contribution < 1.29 is 9.94 Å². The van der Waals surface area contributed by atoms with E-state index in [1.54, 1.807) is 7.11 Å². The number of ether oxygens (including phenoxy) is 1. The molecule has 5 heteroatoms. The number of benzene rings is 1. The zero-order chi connectivity index (χ0) is 13.7. The van der Waals surface area contributed by atoms with Crippen molar-refractivity contribution in [3.63, 3.8) is 0 Å². The van der Waals surface area contributed by atoms with E-state index in [1.807, 2.05) is 42.7 Å². The largest absolute Gasteiger partial charge is 0.495 e. The standard InChI is InChI=1S/C14H14N2O2S/c1-18-13-8-11(10-6-4-3-5-7-10)16-12(9-15-17)14(13)19-2/h3-9,17H,1-2H3/b15-9-. The molecule has 1 aromatic carbocycles. The highest BCUT2D eigenvalue weighted by Gasteiger charge is 2.12. The van der Waals surface area contributed by atoms with E-state index in [-0.39, 0.29) is 0 Å². The molecule has 1 N–H and O–H groups in total. The van der Waals surface area contributed by atoms with Crippen molar-refractivity contribution in [2.24, 2.45) is 5.16 Å². The number of oxime groups is 1. The van der Waals surface area contributed by atoms with Gasteiger partial charge in [-0.25, -0.2) is 4.98 Å². The fourth-order valence-electron chi connectivity index (χ4n) is 1.78. The molecule has 0 bridgehead atoms. The molecule has 0 atom stereocenters. The maximum absolute atomic E-state index is 8.74. The van der Waals surface area contributed by atoms with E-state index in [0.717, 1.165) is 21.9 Å². The zero-order valence-corrected chi connectivity index (χ0v) is 11.5. The molecular formula is C14H14N2O2S.